The summed E-state index contributed by atoms with van der Waals surface area (Å²) in [6.45, 7) is 7.51. The van der Waals surface area contributed by atoms with E-state index in [9.17, 15) is 4.79 Å². The van der Waals surface area contributed by atoms with Crippen molar-refractivity contribution in [3.8, 4) is 0 Å². The molecule has 0 saturated carbocycles. The van der Waals surface area contributed by atoms with Gasteiger partial charge in [-0.3, -0.25) is 4.79 Å². The van der Waals surface area contributed by atoms with E-state index in [4.69, 9.17) is 9.72 Å². The Morgan fingerprint density at radius 3 is 3.04 bits per heavy atom. The third kappa shape index (κ3) is 4.18. The number of hydrogen-bond donors (Lipinski definition) is 0. The average Bonchev–Trinajstić information content (AvgIpc) is 3.18. The normalized spacial score (nSPS) is 17.8. The van der Waals surface area contributed by atoms with Crippen LogP contribution in [0.1, 0.15) is 32.5 Å². The van der Waals surface area contributed by atoms with Crippen LogP contribution in [-0.2, 0) is 22.5 Å². The Kier molecular flexibility index (Phi) is 5.68. The van der Waals surface area contributed by atoms with Gasteiger partial charge in [-0.2, -0.15) is 0 Å². The first-order valence-corrected chi connectivity index (χ1v) is 9.15. The van der Waals surface area contributed by atoms with Crippen LogP contribution in [0, 0.1) is 11.8 Å². The maximum absolute atomic E-state index is 12.2. The number of likely N-dealkylation sites (tertiary alicyclic amines) is 1. The van der Waals surface area contributed by atoms with Crippen LogP contribution >= 0.6 is 0 Å². The minimum absolute atomic E-state index is 0.196. The summed E-state index contributed by atoms with van der Waals surface area (Å²) in [5.74, 6) is 2.29. The number of fused-ring (bicyclic) bond motifs is 1. The van der Waals surface area contributed by atoms with E-state index in [1.54, 1.807) is 7.11 Å². The second-order valence-electron chi connectivity index (χ2n) is 7.32. The lowest BCUT2D eigenvalue weighted by molar-refractivity contribution is -0.131. The van der Waals surface area contributed by atoms with Gasteiger partial charge >= 0.3 is 0 Å². The van der Waals surface area contributed by atoms with Gasteiger partial charge < -0.3 is 14.2 Å². The molecule has 1 unspecified atom stereocenters. The van der Waals surface area contributed by atoms with Gasteiger partial charge in [-0.15, -0.1) is 0 Å². The van der Waals surface area contributed by atoms with E-state index in [2.05, 4.69) is 23.4 Å². The summed E-state index contributed by atoms with van der Waals surface area (Å²) in [4.78, 5) is 23.5. The molecule has 2 aromatic heterocycles. The molecule has 3 rings (SSSR count). The van der Waals surface area contributed by atoms with Gasteiger partial charge in [-0.05, 0) is 30.4 Å². The Morgan fingerprint density at radius 2 is 2.28 bits per heavy atom. The molecule has 0 radical (unpaired) electrons. The highest BCUT2D eigenvalue weighted by molar-refractivity contribution is 5.76. The Bertz CT molecular complexity index is 725. The Hall–Kier alpha value is -1.95. The highest BCUT2D eigenvalue weighted by Crippen LogP contribution is 2.24. The molecule has 1 aliphatic rings. The molecule has 136 valence electrons. The largest absolute Gasteiger partial charge is 0.384 e. The van der Waals surface area contributed by atoms with Crippen LogP contribution in [0.25, 0.3) is 11.2 Å². The zero-order chi connectivity index (χ0) is 17.8. The molecule has 3 heterocycles. The minimum Gasteiger partial charge on any atom is -0.384 e. The van der Waals surface area contributed by atoms with E-state index in [0.29, 0.717) is 24.9 Å². The number of methoxy groups -OCH3 is 1. The predicted octanol–water partition coefficient (Wildman–Crippen LogP) is 2.51. The standard InChI is InChI=1S/C19H28N4O2/c1-14(2)12-23-17(21-16-5-4-8-20-19(16)23)11-15-6-9-22(13-15)18(24)7-10-25-3/h4-5,8,14-15H,6-7,9-13H2,1-3H3. The number of ether oxygens (including phenoxy) is 1. The fourth-order valence-corrected chi connectivity index (χ4v) is 3.55. The molecule has 6 heteroatoms. The predicted molar refractivity (Wildman–Crippen MR) is 97.3 cm³/mol. The minimum atomic E-state index is 0.196. The highest BCUT2D eigenvalue weighted by atomic mass is 16.5. The van der Waals surface area contributed by atoms with E-state index >= 15 is 0 Å². The monoisotopic (exact) mass is 344 g/mol. The molecule has 25 heavy (non-hydrogen) atoms. The van der Waals surface area contributed by atoms with Crippen molar-refractivity contribution in [1.29, 1.82) is 0 Å². The van der Waals surface area contributed by atoms with Crippen molar-refractivity contribution in [3.05, 3.63) is 24.2 Å². The summed E-state index contributed by atoms with van der Waals surface area (Å²) in [5, 5.41) is 0. The summed E-state index contributed by atoms with van der Waals surface area (Å²) < 4.78 is 7.27. The molecule has 6 nitrogen and oxygen atoms in total. The van der Waals surface area contributed by atoms with Crippen molar-refractivity contribution in [2.75, 3.05) is 26.8 Å². The van der Waals surface area contributed by atoms with Crippen LogP contribution in [0.3, 0.4) is 0 Å². The summed E-state index contributed by atoms with van der Waals surface area (Å²) in [7, 11) is 1.63. The van der Waals surface area contributed by atoms with Gasteiger partial charge in [0.1, 0.15) is 11.3 Å². The van der Waals surface area contributed by atoms with Gasteiger partial charge in [0.2, 0.25) is 5.91 Å². The van der Waals surface area contributed by atoms with Gasteiger partial charge in [0.15, 0.2) is 5.65 Å². The smallest absolute Gasteiger partial charge is 0.224 e. The van der Waals surface area contributed by atoms with Crippen LogP contribution in [-0.4, -0.2) is 52.1 Å². The van der Waals surface area contributed by atoms with Gasteiger partial charge in [0.05, 0.1) is 13.0 Å². The Morgan fingerprint density at radius 1 is 1.44 bits per heavy atom. The van der Waals surface area contributed by atoms with Gasteiger partial charge in [-0.1, -0.05) is 13.8 Å². The fraction of sp³-hybridized carbons (Fsp3) is 0.632. The van der Waals surface area contributed by atoms with Crippen molar-refractivity contribution in [2.24, 2.45) is 11.8 Å². The van der Waals surface area contributed by atoms with Gasteiger partial charge in [0.25, 0.3) is 0 Å². The van der Waals surface area contributed by atoms with Gasteiger partial charge in [0, 0.05) is 39.4 Å². The molecule has 0 aromatic carbocycles. The third-order valence-electron chi connectivity index (χ3n) is 4.76. The number of carbonyl (C=O) groups is 1. The molecular formula is C19H28N4O2. The summed E-state index contributed by atoms with van der Waals surface area (Å²) in [5.41, 5.74) is 1.93. The lowest BCUT2D eigenvalue weighted by atomic mass is 10.0. The molecule has 0 aliphatic carbocycles. The molecule has 1 fully saturated rings. The fourth-order valence-electron chi connectivity index (χ4n) is 3.55. The molecular weight excluding hydrogens is 316 g/mol. The number of nitrogens with zero attached hydrogens (tertiary/aromatic N) is 4. The third-order valence-corrected chi connectivity index (χ3v) is 4.76. The Labute approximate surface area is 149 Å². The maximum atomic E-state index is 12.2. The van der Waals surface area contributed by atoms with E-state index in [1.165, 1.54) is 0 Å². The summed E-state index contributed by atoms with van der Waals surface area (Å²) in [6, 6.07) is 3.96. The molecule has 1 atom stereocenters. The van der Waals surface area contributed by atoms with Crippen LogP contribution in [0.2, 0.25) is 0 Å². The van der Waals surface area contributed by atoms with E-state index < -0.39 is 0 Å². The van der Waals surface area contributed by atoms with Gasteiger partial charge in [-0.25, -0.2) is 9.97 Å². The van der Waals surface area contributed by atoms with Crippen LogP contribution < -0.4 is 0 Å². The summed E-state index contributed by atoms with van der Waals surface area (Å²) in [6.07, 6.45) is 4.24. The van der Waals surface area contributed by atoms with Crippen molar-refractivity contribution < 1.29 is 9.53 Å². The maximum Gasteiger partial charge on any atom is 0.224 e. The molecule has 1 saturated heterocycles. The number of imidazole rings is 1. The second-order valence-corrected chi connectivity index (χ2v) is 7.32. The van der Waals surface area contributed by atoms with E-state index in [-0.39, 0.29) is 5.91 Å². The quantitative estimate of drug-likeness (QED) is 0.774. The lowest BCUT2D eigenvalue weighted by Crippen LogP contribution is -2.29. The zero-order valence-corrected chi connectivity index (χ0v) is 15.4. The molecule has 0 N–H and O–H groups in total. The number of carbonyl (C=O) groups excluding carboxylic acids is 1. The van der Waals surface area contributed by atoms with Crippen LogP contribution in [0.5, 0.6) is 0 Å². The number of aromatic nitrogens is 3. The highest BCUT2D eigenvalue weighted by Gasteiger charge is 2.27. The topological polar surface area (TPSA) is 60.2 Å². The molecule has 1 amide bonds. The number of hydrogen-bond acceptors (Lipinski definition) is 4. The van der Waals surface area contributed by atoms with Crippen molar-refractivity contribution in [3.63, 3.8) is 0 Å². The molecule has 1 aliphatic heterocycles. The first-order valence-electron chi connectivity index (χ1n) is 9.15. The van der Waals surface area contributed by atoms with Crippen LogP contribution in [0.15, 0.2) is 18.3 Å². The van der Waals surface area contributed by atoms with Crippen molar-refractivity contribution in [2.45, 2.75) is 39.7 Å². The SMILES string of the molecule is COCCC(=O)N1CCC(Cc2nc3cccnc3n2CC(C)C)C1. The van der Waals surface area contributed by atoms with Crippen molar-refractivity contribution in [1.82, 2.24) is 19.4 Å². The molecule has 0 spiro atoms. The average molecular weight is 344 g/mol. The van der Waals surface area contributed by atoms with E-state index in [0.717, 1.165) is 49.5 Å². The number of rotatable bonds is 7. The van der Waals surface area contributed by atoms with Crippen molar-refractivity contribution >= 4 is 17.1 Å². The zero-order valence-electron chi connectivity index (χ0n) is 15.4. The number of pyridine rings is 1. The second kappa shape index (κ2) is 7.95. The van der Waals surface area contributed by atoms with Crippen LogP contribution in [0.4, 0.5) is 0 Å². The summed E-state index contributed by atoms with van der Waals surface area (Å²) >= 11 is 0. The lowest BCUT2D eigenvalue weighted by Gasteiger charge is -2.17. The first kappa shape index (κ1) is 17.9. The van der Waals surface area contributed by atoms with E-state index in [1.807, 2.05) is 23.2 Å². The molecule has 0 bridgehead atoms. The molecule has 2 aromatic rings. The first-order chi connectivity index (χ1) is 12.1. The number of amides is 1. The Balaban J connectivity index is 1.72.